The summed E-state index contributed by atoms with van der Waals surface area (Å²) in [6.45, 7) is 0.803. The molecule has 0 saturated heterocycles. The summed E-state index contributed by atoms with van der Waals surface area (Å²) in [5.74, 6) is -0.199. The lowest BCUT2D eigenvalue weighted by atomic mass is 9.95. The lowest BCUT2D eigenvalue weighted by Gasteiger charge is -2.18. The summed E-state index contributed by atoms with van der Waals surface area (Å²) in [7, 11) is 1.54. The van der Waals surface area contributed by atoms with Crippen LogP contribution in [0.4, 0.5) is 4.39 Å². The van der Waals surface area contributed by atoms with E-state index in [1.54, 1.807) is 37.8 Å². The van der Waals surface area contributed by atoms with Crippen LogP contribution >= 0.6 is 0 Å². The largest absolute Gasteiger partial charge is 0.481 e. The Morgan fingerprint density at radius 2 is 1.91 bits per heavy atom. The number of hydrogen-bond acceptors (Lipinski definition) is 5. The summed E-state index contributed by atoms with van der Waals surface area (Å²) in [5.41, 5.74) is 5.57. The predicted octanol–water partition coefficient (Wildman–Crippen LogP) is 3.97. The fourth-order valence-electron chi connectivity index (χ4n) is 4.46. The second-order valence-electron chi connectivity index (χ2n) is 7.87. The highest BCUT2D eigenvalue weighted by Gasteiger charge is 2.31. The highest BCUT2D eigenvalue weighted by Crippen LogP contribution is 2.41. The van der Waals surface area contributed by atoms with E-state index in [1.165, 1.54) is 12.1 Å². The lowest BCUT2D eigenvalue weighted by molar-refractivity contribution is 0.0946. The highest BCUT2D eigenvalue weighted by atomic mass is 19.1. The van der Waals surface area contributed by atoms with Crippen molar-refractivity contribution in [3.63, 3.8) is 0 Å². The van der Waals surface area contributed by atoms with Crippen molar-refractivity contribution in [1.29, 1.82) is 5.26 Å². The van der Waals surface area contributed by atoms with Gasteiger partial charge in [0.1, 0.15) is 5.82 Å². The quantitative estimate of drug-likeness (QED) is 0.494. The third-order valence-corrected chi connectivity index (χ3v) is 5.95. The molecule has 3 aromatic heterocycles. The molecule has 34 heavy (non-hydrogen) atoms. The molecule has 0 radical (unpaired) electrons. The van der Waals surface area contributed by atoms with Crippen molar-refractivity contribution < 1.29 is 13.9 Å². The fraction of sp³-hybridized carbons (Fsp3) is 0.154. The van der Waals surface area contributed by atoms with Gasteiger partial charge >= 0.3 is 0 Å². The molecule has 0 fully saturated rings. The van der Waals surface area contributed by atoms with Gasteiger partial charge in [0.2, 0.25) is 5.88 Å². The van der Waals surface area contributed by atoms with Crippen LogP contribution in [0.2, 0.25) is 0 Å². The van der Waals surface area contributed by atoms with E-state index >= 15 is 0 Å². The fourth-order valence-corrected chi connectivity index (χ4v) is 4.46. The third-order valence-electron chi connectivity index (χ3n) is 5.95. The van der Waals surface area contributed by atoms with Crippen LogP contribution in [0.5, 0.6) is 5.88 Å². The monoisotopic (exact) mass is 453 g/mol. The van der Waals surface area contributed by atoms with E-state index < -0.39 is 5.82 Å². The number of aromatic nitrogens is 3. The van der Waals surface area contributed by atoms with Crippen molar-refractivity contribution >= 4 is 5.91 Å². The number of carbonyl (C=O) groups is 1. The smallest absolute Gasteiger partial charge is 0.253 e. The van der Waals surface area contributed by atoms with E-state index in [9.17, 15) is 14.4 Å². The molecule has 1 aliphatic rings. The summed E-state index contributed by atoms with van der Waals surface area (Å²) in [6, 6.07) is 13.7. The van der Waals surface area contributed by atoms with Crippen molar-refractivity contribution in [2.75, 3.05) is 13.7 Å². The molecule has 0 bridgehead atoms. The molecule has 5 rings (SSSR count). The van der Waals surface area contributed by atoms with Gasteiger partial charge in [-0.25, -0.2) is 9.37 Å². The minimum atomic E-state index is -0.465. The van der Waals surface area contributed by atoms with Gasteiger partial charge in [-0.15, -0.1) is 0 Å². The summed E-state index contributed by atoms with van der Waals surface area (Å²) in [6.07, 6.45) is 5.65. The molecule has 0 spiro atoms. The number of nitrogens with zero attached hydrogens (tertiary/aromatic N) is 4. The Morgan fingerprint density at radius 1 is 1.12 bits per heavy atom. The highest BCUT2D eigenvalue weighted by molar-refractivity contribution is 6.07. The van der Waals surface area contributed by atoms with Gasteiger partial charge in [-0.05, 0) is 41.5 Å². The maximum Gasteiger partial charge on any atom is 0.253 e. The van der Waals surface area contributed by atoms with Crippen LogP contribution in [0, 0.1) is 17.1 Å². The molecule has 0 saturated carbocycles. The van der Waals surface area contributed by atoms with E-state index in [0.29, 0.717) is 36.5 Å². The first-order valence-electron chi connectivity index (χ1n) is 10.7. The maximum atomic E-state index is 13.8. The van der Waals surface area contributed by atoms with Crippen LogP contribution in [0.1, 0.15) is 27.2 Å². The molecule has 0 atom stereocenters. The average Bonchev–Trinajstić information content (AvgIpc) is 3.21. The number of fused-ring (bicyclic) bond motifs is 1. The number of methoxy groups -OCH3 is 1. The van der Waals surface area contributed by atoms with E-state index in [0.717, 1.165) is 28.1 Å². The van der Waals surface area contributed by atoms with Gasteiger partial charge in [0.15, 0.2) is 0 Å². The Balaban J connectivity index is 1.83. The summed E-state index contributed by atoms with van der Waals surface area (Å²) in [5, 5.41) is 12.6. The van der Waals surface area contributed by atoms with Crippen LogP contribution in [0.25, 0.3) is 22.4 Å². The van der Waals surface area contributed by atoms with Crippen LogP contribution in [-0.4, -0.2) is 34.1 Å². The number of nitriles is 1. The number of pyridine rings is 2. The molecule has 0 unspecified atom stereocenters. The first-order chi connectivity index (χ1) is 16.6. The van der Waals surface area contributed by atoms with E-state index in [-0.39, 0.29) is 11.5 Å². The Labute approximate surface area is 195 Å². The zero-order valence-electron chi connectivity index (χ0n) is 18.4. The Hall–Kier alpha value is -4.51. The van der Waals surface area contributed by atoms with E-state index in [1.807, 2.05) is 18.2 Å². The van der Waals surface area contributed by atoms with Crippen LogP contribution in [-0.2, 0) is 13.0 Å². The number of rotatable bonds is 5. The van der Waals surface area contributed by atoms with E-state index in [4.69, 9.17) is 4.74 Å². The first kappa shape index (κ1) is 21.3. The maximum absolute atomic E-state index is 13.8. The molecule has 1 aromatic carbocycles. The summed E-state index contributed by atoms with van der Waals surface area (Å²) in [4.78, 5) is 21.5. The van der Waals surface area contributed by atoms with Gasteiger partial charge in [-0.3, -0.25) is 9.78 Å². The zero-order valence-corrected chi connectivity index (χ0v) is 18.4. The summed E-state index contributed by atoms with van der Waals surface area (Å²) >= 11 is 0. The number of carbonyl (C=O) groups excluding carboxylic acids is 1. The molecule has 0 aliphatic carbocycles. The van der Waals surface area contributed by atoms with Crippen LogP contribution < -0.4 is 10.1 Å². The van der Waals surface area contributed by atoms with Crippen molar-refractivity contribution in [2.24, 2.45) is 0 Å². The van der Waals surface area contributed by atoms with E-state index in [2.05, 4.69) is 25.9 Å². The predicted molar refractivity (Wildman–Crippen MR) is 124 cm³/mol. The van der Waals surface area contributed by atoms with Crippen molar-refractivity contribution in [3.05, 3.63) is 89.3 Å². The summed E-state index contributed by atoms with van der Waals surface area (Å²) < 4.78 is 21.2. The van der Waals surface area contributed by atoms with Gasteiger partial charge < -0.3 is 14.6 Å². The van der Waals surface area contributed by atoms with Gasteiger partial charge in [0.25, 0.3) is 5.91 Å². The Bertz CT molecular complexity index is 1440. The molecule has 4 aromatic rings. The zero-order chi connectivity index (χ0) is 23.7. The molecule has 168 valence electrons. The molecule has 8 heteroatoms. The minimum Gasteiger partial charge on any atom is -0.481 e. The number of amides is 1. The Kier molecular flexibility index (Phi) is 5.52. The van der Waals surface area contributed by atoms with Gasteiger partial charge in [-0.1, -0.05) is 6.07 Å². The van der Waals surface area contributed by atoms with Gasteiger partial charge in [0, 0.05) is 61.0 Å². The number of hydrogen-bond donors (Lipinski definition) is 1. The second-order valence-corrected chi connectivity index (χ2v) is 7.87. The first-order valence-corrected chi connectivity index (χ1v) is 10.7. The molecule has 1 aliphatic heterocycles. The molecule has 4 heterocycles. The molecular weight excluding hydrogens is 433 g/mol. The SMILES string of the molecule is COc1cc(-c2c3c(n(Cc4ccc(F)cc4C#N)c2-c2ccncc2)CCNC3=O)ccn1. The molecule has 7 nitrogen and oxygen atoms in total. The van der Waals surface area contributed by atoms with Gasteiger partial charge in [0.05, 0.1) is 30.0 Å². The number of ether oxygens (including phenoxy) is 1. The average molecular weight is 453 g/mol. The lowest BCUT2D eigenvalue weighted by Crippen LogP contribution is -2.32. The van der Waals surface area contributed by atoms with Crippen molar-refractivity contribution in [1.82, 2.24) is 19.9 Å². The topological polar surface area (TPSA) is 92.8 Å². The minimum absolute atomic E-state index is 0.166. The molecule has 1 amide bonds. The normalized spacial score (nSPS) is 12.6. The Morgan fingerprint density at radius 3 is 2.68 bits per heavy atom. The number of halogens is 1. The second kappa shape index (κ2) is 8.79. The molecular formula is C26H20FN5O2. The van der Waals surface area contributed by atoms with Crippen LogP contribution in [0.3, 0.4) is 0 Å². The van der Waals surface area contributed by atoms with Crippen molar-refractivity contribution in [2.45, 2.75) is 13.0 Å². The van der Waals surface area contributed by atoms with Gasteiger partial charge in [-0.2, -0.15) is 5.26 Å². The standard InChI is InChI=1S/C26H20FN5O2/c1-34-22-13-17(6-10-30-22)23-24-21(7-11-31-26(24)33)32(25(23)16-4-8-29-9-5-16)15-18-2-3-20(27)12-19(18)14-28/h2-6,8-10,12-13H,7,11,15H2,1H3,(H,31,33). The number of benzene rings is 1. The van der Waals surface area contributed by atoms with Crippen LogP contribution in [0.15, 0.2) is 61.1 Å². The van der Waals surface area contributed by atoms with Crippen molar-refractivity contribution in [3.8, 4) is 34.3 Å². The number of nitrogens with one attached hydrogen (secondary N) is 1. The molecule has 1 N–H and O–H groups in total. The third kappa shape index (κ3) is 3.67.